The minimum atomic E-state index is -0.688. The second-order valence-corrected chi connectivity index (χ2v) is 10.1. The van der Waals surface area contributed by atoms with E-state index >= 15 is 0 Å². The highest BCUT2D eigenvalue weighted by atomic mass is 16.3. The number of benzene rings is 2. The fourth-order valence-corrected chi connectivity index (χ4v) is 5.30. The molecule has 8 heteroatoms. The number of hydrazone groups is 1. The Balaban J connectivity index is 1.45. The van der Waals surface area contributed by atoms with Crippen molar-refractivity contribution in [3.63, 3.8) is 0 Å². The van der Waals surface area contributed by atoms with Crippen molar-refractivity contribution in [2.24, 2.45) is 5.10 Å². The molecular weight excluding hydrogens is 440 g/mol. The number of fused-ring (bicyclic) bond motifs is 1. The van der Waals surface area contributed by atoms with Gasteiger partial charge in [-0.25, -0.2) is 9.48 Å². The number of hydrogen-bond donors (Lipinski definition) is 3. The number of para-hydroxylation sites is 1. The van der Waals surface area contributed by atoms with Crippen molar-refractivity contribution in [2.45, 2.75) is 50.7 Å². The molecule has 1 aromatic heterocycles. The summed E-state index contributed by atoms with van der Waals surface area (Å²) in [6, 6.07) is 16.9. The fourth-order valence-electron chi connectivity index (χ4n) is 5.30. The van der Waals surface area contributed by atoms with Gasteiger partial charge in [0.2, 0.25) is 0 Å². The number of carbonyl (C=O) groups is 1. The molecule has 2 aromatic carbocycles. The lowest BCUT2D eigenvalue weighted by Gasteiger charge is -2.40. The van der Waals surface area contributed by atoms with E-state index in [0.717, 1.165) is 34.6 Å². The van der Waals surface area contributed by atoms with Crippen LogP contribution in [0.5, 0.6) is 0 Å². The van der Waals surface area contributed by atoms with Crippen molar-refractivity contribution in [1.82, 2.24) is 20.1 Å². The van der Waals surface area contributed by atoms with Crippen molar-refractivity contribution >= 4 is 18.1 Å². The summed E-state index contributed by atoms with van der Waals surface area (Å²) in [4.78, 5) is 13.3. The number of aliphatic hydroxyl groups is 1. The van der Waals surface area contributed by atoms with Crippen LogP contribution in [-0.4, -0.2) is 51.8 Å². The van der Waals surface area contributed by atoms with Gasteiger partial charge in [0.25, 0.3) is 0 Å². The van der Waals surface area contributed by atoms with Gasteiger partial charge in [-0.1, -0.05) is 56.3 Å². The first-order valence-electron chi connectivity index (χ1n) is 12.0. The Labute approximate surface area is 205 Å². The van der Waals surface area contributed by atoms with Crippen LogP contribution in [0.2, 0.25) is 0 Å². The standard InChI is InChI=1S/C27H32N6O2/c1-17-23(18-15-28-32(4)16-18)31-33(19-10-6-5-7-11-19)25(17)30-26(35)29-24-20-12-8-9-13-21(20)27(2,3)14-22(24)34/h5-13,15,18,22,24,34H,14,16H2,1-4H3,(H2,29,30,35)/t18?,22?,24-/m1/s1. The van der Waals surface area contributed by atoms with Gasteiger partial charge in [0.15, 0.2) is 0 Å². The van der Waals surface area contributed by atoms with E-state index < -0.39 is 12.1 Å². The molecule has 1 aliphatic heterocycles. The Kier molecular flexibility index (Phi) is 5.84. The molecule has 2 unspecified atom stereocenters. The molecule has 0 saturated heterocycles. The summed E-state index contributed by atoms with van der Waals surface area (Å²) in [7, 11) is 1.93. The van der Waals surface area contributed by atoms with Crippen LogP contribution in [0.1, 0.15) is 54.6 Å². The molecular formula is C27H32N6O2. The maximum atomic E-state index is 13.3. The Morgan fingerprint density at radius 1 is 1.11 bits per heavy atom. The average Bonchev–Trinajstić information content (AvgIpc) is 3.40. The van der Waals surface area contributed by atoms with Crippen LogP contribution in [0.15, 0.2) is 59.7 Å². The largest absolute Gasteiger partial charge is 0.391 e. The number of nitrogens with one attached hydrogen (secondary N) is 2. The molecule has 1 aliphatic carbocycles. The number of aliphatic hydroxyl groups excluding tert-OH is 1. The highest BCUT2D eigenvalue weighted by molar-refractivity contribution is 5.90. The zero-order chi connectivity index (χ0) is 24.7. The SMILES string of the molecule is Cc1c(C2C=NN(C)C2)nn(-c2ccccc2)c1NC(=O)N[C@@H]1c2ccccc2C(C)(C)CC1O. The smallest absolute Gasteiger partial charge is 0.320 e. The zero-order valence-electron chi connectivity index (χ0n) is 20.6. The molecule has 2 heterocycles. The summed E-state index contributed by atoms with van der Waals surface area (Å²) >= 11 is 0. The van der Waals surface area contributed by atoms with Gasteiger partial charge >= 0.3 is 6.03 Å². The van der Waals surface area contributed by atoms with Crippen LogP contribution < -0.4 is 10.6 Å². The summed E-state index contributed by atoms with van der Waals surface area (Å²) < 4.78 is 1.77. The predicted octanol–water partition coefficient (Wildman–Crippen LogP) is 4.10. The number of rotatable bonds is 4. The lowest BCUT2D eigenvalue weighted by atomic mass is 9.70. The minimum Gasteiger partial charge on any atom is -0.391 e. The normalized spacial score (nSPS) is 22.7. The van der Waals surface area contributed by atoms with Crippen molar-refractivity contribution in [3.8, 4) is 5.69 Å². The van der Waals surface area contributed by atoms with Crippen molar-refractivity contribution in [3.05, 3.63) is 77.0 Å². The minimum absolute atomic E-state index is 0.0443. The molecule has 2 amide bonds. The van der Waals surface area contributed by atoms with E-state index in [9.17, 15) is 9.90 Å². The molecule has 0 saturated carbocycles. The van der Waals surface area contributed by atoms with Gasteiger partial charge < -0.3 is 10.4 Å². The lowest BCUT2D eigenvalue weighted by molar-refractivity contribution is 0.0883. The van der Waals surface area contributed by atoms with Crippen LogP contribution in [-0.2, 0) is 5.41 Å². The first kappa shape index (κ1) is 23.1. The molecule has 182 valence electrons. The van der Waals surface area contributed by atoms with Gasteiger partial charge in [0.1, 0.15) is 5.82 Å². The fraction of sp³-hybridized carbons (Fsp3) is 0.370. The number of amides is 2. The molecule has 0 fully saturated rings. The summed E-state index contributed by atoms with van der Waals surface area (Å²) in [6.45, 7) is 6.95. The first-order chi connectivity index (χ1) is 16.7. The van der Waals surface area contributed by atoms with Crippen molar-refractivity contribution in [2.75, 3.05) is 18.9 Å². The third-order valence-corrected chi connectivity index (χ3v) is 7.06. The number of hydrogen-bond acceptors (Lipinski definition) is 5. The molecule has 0 spiro atoms. The summed E-state index contributed by atoms with van der Waals surface area (Å²) in [6.07, 6.45) is 1.77. The van der Waals surface area contributed by atoms with Gasteiger partial charge in [-0.3, -0.25) is 10.3 Å². The predicted molar refractivity (Wildman–Crippen MR) is 137 cm³/mol. The highest BCUT2D eigenvalue weighted by Crippen LogP contribution is 2.41. The summed E-state index contributed by atoms with van der Waals surface area (Å²) in [5.41, 5.74) is 4.55. The molecule has 5 rings (SSSR count). The van der Waals surface area contributed by atoms with Crippen LogP contribution >= 0.6 is 0 Å². The number of nitrogens with zero attached hydrogens (tertiary/aromatic N) is 4. The van der Waals surface area contributed by atoms with Crippen LogP contribution in [0, 0.1) is 6.92 Å². The number of anilines is 1. The van der Waals surface area contributed by atoms with E-state index in [1.807, 2.05) is 73.7 Å². The van der Waals surface area contributed by atoms with Crippen LogP contribution in [0.3, 0.4) is 0 Å². The first-order valence-corrected chi connectivity index (χ1v) is 12.0. The van der Waals surface area contributed by atoms with Gasteiger partial charge in [-0.05, 0) is 42.0 Å². The van der Waals surface area contributed by atoms with Crippen LogP contribution in [0.25, 0.3) is 5.69 Å². The van der Waals surface area contributed by atoms with Gasteiger partial charge in [0.05, 0.1) is 29.4 Å². The Morgan fingerprint density at radius 3 is 2.54 bits per heavy atom. The van der Waals surface area contributed by atoms with E-state index in [4.69, 9.17) is 5.10 Å². The molecule has 0 radical (unpaired) electrons. The Hall–Kier alpha value is -3.65. The van der Waals surface area contributed by atoms with Crippen LogP contribution in [0.4, 0.5) is 10.6 Å². The second-order valence-electron chi connectivity index (χ2n) is 10.1. The van der Waals surface area contributed by atoms with Gasteiger partial charge in [-0.15, -0.1) is 0 Å². The van der Waals surface area contributed by atoms with Crippen molar-refractivity contribution in [1.29, 1.82) is 0 Å². The Morgan fingerprint density at radius 2 is 1.83 bits per heavy atom. The molecule has 3 aromatic rings. The van der Waals surface area contributed by atoms with Gasteiger partial charge in [-0.2, -0.15) is 10.2 Å². The lowest BCUT2D eigenvalue weighted by Crippen LogP contribution is -2.45. The molecule has 3 N–H and O–H groups in total. The van der Waals surface area contributed by atoms with E-state index in [0.29, 0.717) is 12.2 Å². The monoisotopic (exact) mass is 472 g/mol. The third kappa shape index (κ3) is 4.30. The van der Waals surface area contributed by atoms with E-state index in [2.05, 4.69) is 35.6 Å². The average molecular weight is 473 g/mol. The van der Waals surface area contributed by atoms with E-state index in [1.54, 1.807) is 4.68 Å². The molecule has 0 bridgehead atoms. The number of likely N-dealkylation sites (N-methyl/N-ethyl adjacent to an activating group) is 1. The van der Waals surface area contributed by atoms with E-state index in [-0.39, 0.29) is 17.4 Å². The van der Waals surface area contributed by atoms with Crippen molar-refractivity contribution < 1.29 is 9.90 Å². The third-order valence-electron chi connectivity index (χ3n) is 7.06. The quantitative estimate of drug-likeness (QED) is 0.533. The summed E-state index contributed by atoms with van der Waals surface area (Å²) in [5.74, 6) is 0.647. The highest BCUT2D eigenvalue weighted by Gasteiger charge is 2.39. The number of urea groups is 1. The maximum absolute atomic E-state index is 13.3. The molecule has 2 aliphatic rings. The number of aromatic nitrogens is 2. The number of carbonyl (C=O) groups excluding carboxylic acids is 1. The zero-order valence-corrected chi connectivity index (χ0v) is 20.6. The maximum Gasteiger partial charge on any atom is 0.320 e. The molecule has 8 nitrogen and oxygen atoms in total. The van der Waals surface area contributed by atoms with Gasteiger partial charge in [0, 0.05) is 25.4 Å². The second kappa shape index (κ2) is 8.85. The summed E-state index contributed by atoms with van der Waals surface area (Å²) in [5, 5.41) is 28.1. The van der Waals surface area contributed by atoms with E-state index in [1.165, 1.54) is 0 Å². The molecule has 3 atom stereocenters. The molecule has 35 heavy (non-hydrogen) atoms. The topological polar surface area (TPSA) is 94.8 Å². The Bertz CT molecular complexity index is 1270.